The highest BCUT2D eigenvalue weighted by atomic mass is 16.5. The predicted molar refractivity (Wildman–Crippen MR) is 169 cm³/mol. The van der Waals surface area contributed by atoms with Crippen molar-refractivity contribution in [2.45, 2.75) is 47.5 Å². The van der Waals surface area contributed by atoms with Crippen molar-refractivity contribution in [3.63, 3.8) is 0 Å². The maximum absolute atomic E-state index is 9.66. The molecular weight excluding hydrogens is 504 g/mol. The van der Waals surface area contributed by atoms with Crippen LogP contribution in [-0.4, -0.2) is 36.6 Å². The predicted octanol–water partition coefficient (Wildman–Crippen LogP) is 9.11. The molecule has 40 heavy (non-hydrogen) atoms. The first-order chi connectivity index (χ1) is 18.8. The first-order valence-corrected chi connectivity index (χ1v) is 12.9. The minimum atomic E-state index is 0. The summed E-state index contributed by atoms with van der Waals surface area (Å²) in [6.45, 7) is 6.23. The van der Waals surface area contributed by atoms with E-state index in [1.54, 1.807) is 37.4 Å². The lowest BCUT2D eigenvalue weighted by atomic mass is 10.1. The summed E-state index contributed by atoms with van der Waals surface area (Å²) in [6.07, 6.45) is 15.2. The zero-order valence-corrected chi connectivity index (χ0v) is 23.8. The third-order valence-corrected chi connectivity index (χ3v) is 5.24. The highest BCUT2D eigenvalue weighted by Gasteiger charge is 2.09. The Morgan fingerprint density at radius 2 is 0.950 bits per heavy atom. The van der Waals surface area contributed by atoms with Crippen LogP contribution in [0, 0.1) is 0 Å². The number of ether oxygens (including phenoxy) is 3. The molecule has 0 unspecified atom stereocenters. The highest BCUT2D eigenvalue weighted by molar-refractivity contribution is 5.61. The smallest absolute Gasteiger partial charge is 0.200 e. The molecule has 218 valence electrons. The van der Waals surface area contributed by atoms with E-state index in [-0.39, 0.29) is 18.9 Å². The number of benzene rings is 3. The molecule has 3 aromatic carbocycles. The minimum absolute atomic E-state index is 0. The fraction of sp³-hybridized carbons (Fsp3) is 0.294. The van der Waals surface area contributed by atoms with Gasteiger partial charge in [0.2, 0.25) is 5.75 Å². The van der Waals surface area contributed by atoms with Crippen LogP contribution < -0.4 is 14.2 Å². The average Bonchev–Trinajstić information content (AvgIpc) is 2.96. The van der Waals surface area contributed by atoms with E-state index in [9.17, 15) is 10.2 Å². The maximum Gasteiger partial charge on any atom is 0.200 e. The van der Waals surface area contributed by atoms with E-state index in [0.29, 0.717) is 23.0 Å². The van der Waals surface area contributed by atoms with Gasteiger partial charge in [0.25, 0.3) is 0 Å². The summed E-state index contributed by atoms with van der Waals surface area (Å²) in [5.74, 6) is 1.89. The van der Waals surface area contributed by atoms with Crippen LogP contribution in [0.4, 0.5) is 0 Å². The Morgan fingerprint density at radius 1 is 0.550 bits per heavy atom. The molecule has 0 saturated heterocycles. The number of allylic oxidation sites excluding steroid dienone is 3. The van der Waals surface area contributed by atoms with Crippen LogP contribution >= 0.6 is 0 Å². The Morgan fingerprint density at radius 3 is 1.40 bits per heavy atom. The highest BCUT2D eigenvalue weighted by Crippen LogP contribution is 2.37. The largest absolute Gasteiger partial charge is 0.508 e. The summed E-state index contributed by atoms with van der Waals surface area (Å²) < 4.78 is 15.1. The summed E-state index contributed by atoms with van der Waals surface area (Å²) in [5, 5.41) is 27.9. The van der Waals surface area contributed by atoms with Crippen LogP contribution in [0.25, 0.3) is 18.2 Å². The lowest BCUT2D eigenvalue weighted by molar-refractivity contribution is 0.340. The van der Waals surface area contributed by atoms with Crippen molar-refractivity contribution >= 4 is 18.2 Å². The number of hydrogen-bond donors (Lipinski definition) is 3. The molecule has 0 radical (unpaired) electrons. The van der Waals surface area contributed by atoms with E-state index in [0.717, 1.165) is 36.0 Å². The maximum atomic E-state index is 9.66. The molecule has 0 fully saturated rings. The number of methoxy groups -OCH3 is 3. The van der Waals surface area contributed by atoms with Crippen molar-refractivity contribution in [1.82, 2.24) is 0 Å². The van der Waals surface area contributed by atoms with Gasteiger partial charge < -0.3 is 29.5 Å². The molecular formula is C34H46O6. The van der Waals surface area contributed by atoms with Crippen LogP contribution in [0.3, 0.4) is 0 Å². The number of hydrogen-bond acceptors (Lipinski definition) is 6. The lowest BCUT2D eigenvalue weighted by Crippen LogP contribution is -1.90. The number of rotatable bonds is 9. The van der Waals surface area contributed by atoms with Gasteiger partial charge in [-0.15, -0.1) is 0 Å². The minimum Gasteiger partial charge on any atom is -0.508 e. The van der Waals surface area contributed by atoms with Gasteiger partial charge in [-0.25, -0.2) is 0 Å². The van der Waals surface area contributed by atoms with Gasteiger partial charge in [0, 0.05) is 0 Å². The lowest BCUT2D eigenvalue weighted by Gasteiger charge is -2.09. The molecule has 3 aromatic rings. The van der Waals surface area contributed by atoms with Crippen molar-refractivity contribution in [3.8, 4) is 34.5 Å². The Kier molecular flexibility index (Phi) is 18.4. The summed E-state index contributed by atoms with van der Waals surface area (Å²) in [7, 11) is 4.58. The molecule has 0 amide bonds. The molecule has 0 heterocycles. The molecule has 3 rings (SSSR count). The normalized spacial score (nSPS) is 10.3. The molecule has 0 bridgehead atoms. The zero-order chi connectivity index (χ0) is 29.0. The molecule has 0 aliphatic carbocycles. The fourth-order valence-corrected chi connectivity index (χ4v) is 3.16. The van der Waals surface area contributed by atoms with Crippen molar-refractivity contribution in [2.75, 3.05) is 21.3 Å². The van der Waals surface area contributed by atoms with Crippen LogP contribution in [0.1, 0.15) is 64.2 Å². The van der Waals surface area contributed by atoms with Gasteiger partial charge in [-0.2, -0.15) is 0 Å². The van der Waals surface area contributed by atoms with E-state index < -0.39 is 0 Å². The second-order valence-electron chi connectivity index (χ2n) is 8.23. The number of aromatic hydroxyl groups is 3. The standard InChI is InChI=1S/C12H16O3.C11H14O2.C10H12O.CH4/c1-4-5-6-9-7-10(14-2)12(13)11(8-9)15-3;1-3-4-5-9-6-7-10(12)11(8-9)13-2;1-2-3-4-9-5-7-10(11)8-6-9;/h5-8,13H,4H2,1-3H3;4-8,12H,3H2,1-2H3;3-8,11H,2H2,1H3;1H4/b6-5+;5-4+;4-3+;. The monoisotopic (exact) mass is 550 g/mol. The van der Waals surface area contributed by atoms with E-state index in [1.165, 1.54) is 14.2 Å². The molecule has 0 aliphatic heterocycles. The SMILES string of the molecule is C.CC/C=C/c1cc(OC)c(O)c(OC)c1.CC/C=C/c1ccc(O)c(OC)c1.CC/C=C/c1ccc(O)cc1. The summed E-state index contributed by atoms with van der Waals surface area (Å²) in [5.41, 5.74) is 3.12. The van der Waals surface area contributed by atoms with E-state index in [2.05, 4.69) is 32.9 Å². The fourth-order valence-electron chi connectivity index (χ4n) is 3.16. The Bertz CT molecular complexity index is 1170. The van der Waals surface area contributed by atoms with Crippen molar-refractivity contribution in [3.05, 3.63) is 89.5 Å². The second-order valence-corrected chi connectivity index (χ2v) is 8.23. The van der Waals surface area contributed by atoms with Crippen LogP contribution in [-0.2, 0) is 0 Å². The molecule has 0 saturated carbocycles. The van der Waals surface area contributed by atoms with Gasteiger partial charge in [0.05, 0.1) is 21.3 Å². The van der Waals surface area contributed by atoms with Gasteiger partial charge in [0.1, 0.15) is 5.75 Å². The van der Waals surface area contributed by atoms with E-state index in [1.807, 2.05) is 48.6 Å². The van der Waals surface area contributed by atoms with Crippen LogP contribution in [0.2, 0.25) is 0 Å². The quantitative estimate of drug-likeness (QED) is 0.246. The summed E-state index contributed by atoms with van der Waals surface area (Å²) in [6, 6.07) is 16.0. The summed E-state index contributed by atoms with van der Waals surface area (Å²) in [4.78, 5) is 0. The van der Waals surface area contributed by atoms with Gasteiger partial charge in [-0.3, -0.25) is 0 Å². The van der Waals surface area contributed by atoms with Crippen molar-refractivity contribution in [2.24, 2.45) is 0 Å². The average molecular weight is 551 g/mol. The number of phenols is 3. The summed E-state index contributed by atoms with van der Waals surface area (Å²) >= 11 is 0. The first kappa shape index (κ1) is 35.7. The molecule has 0 spiro atoms. The molecule has 0 aromatic heterocycles. The molecule has 6 nitrogen and oxygen atoms in total. The Hall–Kier alpha value is -4.32. The number of phenolic OH excluding ortho intramolecular Hbond substituents is 3. The molecule has 3 N–H and O–H groups in total. The van der Waals surface area contributed by atoms with Gasteiger partial charge in [-0.1, -0.05) is 82.9 Å². The first-order valence-electron chi connectivity index (χ1n) is 12.9. The van der Waals surface area contributed by atoms with Crippen LogP contribution in [0.15, 0.2) is 72.8 Å². The van der Waals surface area contributed by atoms with Gasteiger partial charge >= 0.3 is 0 Å². The topological polar surface area (TPSA) is 88.4 Å². The van der Waals surface area contributed by atoms with Gasteiger partial charge in [-0.05, 0) is 72.4 Å². The van der Waals surface area contributed by atoms with Crippen LogP contribution in [0.5, 0.6) is 34.5 Å². The third-order valence-electron chi connectivity index (χ3n) is 5.24. The molecule has 0 atom stereocenters. The van der Waals surface area contributed by atoms with Crippen molar-refractivity contribution in [1.29, 1.82) is 0 Å². The second kappa shape index (κ2) is 20.6. The van der Waals surface area contributed by atoms with Crippen molar-refractivity contribution < 1.29 is 29.5 Å². The zero-order valence-electron chi connectivity index (χ0n) is 23.8. The van der Waals surface area contributed by atoms with Gasteiger partial charge in [0.15, 0.2) is 23.0 Å². The van der Waals surface area contributed by atoms with E-state index in [4.69, 9.17) is 19.3 Å². The Balaban J connectivity index is 0.000000570. The van der Waals surface area contributed by atoms with E-state index >= 15 is 0 Å². The molecule has 6 heteroatoms. The Labute approximate surface area is 240 Å². The molecule has 0 aliphatic rings. The third kappa shape index (κ3) is 13.0.